The second-order valence-electron chi connectivity index (χ2n) is 6.81. The molecule has 2 N–H and O–H groups in total. The number of amides is 1. The zero-order valence-corrected chi connectivity index (χ0v) is 21.2. The number of hydrogen-bond donors (Lipinski definition) is 2. The van der Waals surface area contributed by atoms with Crippen molar-refractivity contribution in [3.63, 3.8) is 0 Å². The van der Waals surface area contributed by atoms with E-state index >= 15 is 0 Å². The number of anilines is 1. The van der Waals surface area contributed by atoms with E-state index in [0.29, 0.717) is 48.6 Å². The van der Waals surface area contributed by atoms with Crippen LogP contribution >= 0.6 is 39.3 Å². The fourth-order valence-electron chi connectivity index (χ4n) is 2.92. The van der Waals surface area contributed by atoms with Crippen LogP contribution in [0.5, 0.6) is 0 Å². The van der Waals surface area contributed by atoms with Gasteiger partial charge in [0.15, 0.2) is 10.8 Å². The van der Waals surface area contributed by atoms with Crippen LogP contribution in [0.25, 0.3) is 11.0 Å². The lowest BCUT2D eigenvalue weighted by molar-refractivity contribution is 0.0952. The molecule has 0 fully saturated rings. The van der Waals surface area contributed by atoms with Crippen LogP contribution in [0.1, 0.15) is 30.6 Å². The number of carbonyl (C=O) groups excluding carboxylic acids is 1. The maximum Gasteiger partial charge on any atom is 0.252 e. The van der Waals surface area contributed by atoms with Gasteiger partial charge < -0.3 is 15.4 Å². The van der Waals surface area contributed by atoms with E-state index in [1.54, 1.807) is 40.8 Å². The van der Waals surface area contributed by atoms with Crippen molar-refractivity contribution in [2.75, 3.05) is 37.4 Å². The summed E-state index contributed by atoms with van der Waals surface area (Å²) in [6.07, 6.45) is 2.78. The number of thioether (sulfide) groups is 1. The molecule has 0 aliphatic carbocycles. The van der Waals surface area contributed by atoms with Crippen LogP contribution in [-0.4, -0.2) is 57.7 Å². The predicted octanol–water partition coefficient (Wildman–Crippen LogP) is 4.62. The Hall–Kier alpha value is -1.88. The summed E-state index contributed by atoms with van der Waals surface area (Å²) in [7, 11) is 0. The highest BCUT2D eigenvalue weighted by Crippen LogP contribution is 2.25. The second-order valence-corrected chi connectivity index (χ2v) is 9.20. The van der Waals surface area contributed by atoms with Crippen molar-refractivity contribution in [3.8, 4) is 0 Å². The van der Waals surface area contributed by atoms with Crippen molar-refractivity contribution in [3.05, 3.63) is 39.5 Å². The van der Waals surface area contributed by atoms with Crippen LogP contribution in [0, 0.1) is 0 Å². The SMILES string of the molecule is CCCSc1nc(NCCOCC)c2cnn(CCNC(=O)c3cc(Br)ccc3Cl)c2n1. The van der Waals surface area contributed by atoms with E-state index in [1.165, 1.54) is 0 Å². The zero-order chi connectivity index (χ0) is 22.9. The van der Waals surface area contributed by atoms with Crippen molar-refractivity contribution in [1.29, 1.82) is 0 Å². The molecule has 1 amide bonds. The minimum absolute atomic E-state index is 0.236. The van der Waals surface area contributed by atoms with Gasteiger partial charge in [0.2, 0.25) is 0 Å². The summed E-state index contributed by atoms with van der Waals surface area (Å²) in [6.45, 7) is 6.85. The summed E-state index contributed by atoms with van der Waals surface area (Å²) >= 11 is 11.1. The third kappa shape index (κ3) is 6.57. The van der Waals surface area contributed by atoms with Crippen molar-refractivity contribution in [2.24, 2.45) is 0 Å². The zero-order valence-electron chi connectivity index (χ0n) is 18.0. The first-order valence-electron chi connectivity index (χ1n) is 10.4. The quantitative estimate of drug-likeness (QED) is 0.196. The number of fused-ring (bicyclic) bond motifs is 1. The number of rotatable bonds is 12. The summed E-state index contributed by atoms with van der Waals surface area (Å²) in [5, 5.41) is 12.6. The lowest BCUT2D eigenvalue weighted by atomic mass is 10.2. The predicted molar refractivity (Wildman–Crippen MR) is 133 cm³/mol. The largest absolute Gasteiger partial charge is 0.380 e. The number of nitrogens with zero attached hydrogens (tertiary/aromatic N) is 4. The molecule has 3 rings (SSSR count). The summed E-state index contributed by atoms with van der Waals surface area (Å²) < 4.78 is 7.99. The third-order valence-electron chi connectivity index (χ3n) is 4.44. The lowest BCUT2D eigenvalue weighted by Crippen LogP contribution is -2.27. The Morgan fingerprint density at radius 2 is 2.12 bits per heavy atom. The van der Waals surface area contributed by atoms with Crippen molar-refractivity contribution >= 4 is 62.1 Å². The lowest BCUT2D eigenvalue weighted by Gasteiger charge is -2.10. The van der Waals surface area contributed by atoms with Crippen LogP contribution in [-0.2, 0) is 11.3 Å². The van der Waals surface area contributed by atoms with Gasteiger partial charge in [0, 0.05) is 29.9 Å². The Morgan fingerprint density at radius 3 is 2.91 bits per heavy atom. The highest BCUT2D eigenvalue weighted by Gasteiger charge is 2.14. The molecule has 0 spiro atoms. The maximum atomic E-state index is 12.5. The van der Waals surface area contributed by atoms with E-state index in [2.05, 4.69) is 43.6 Å². The Kier molecular flexibility index (Phi) is 9.58. The minimum atomic E-state index is -0.236. The molecule has 11 heteroatoms. The van der Waals surface area contributed by atoms with Crippen LogP contribution < -0.4 is 10.6 Å². The summed E-state index contributed by atoms with van der Waals surface area (Å²) in [5.41, 5.74) is 1.15. The molecule has 1 aromatic carbocycles. The molecule has 0 saturated heterocycles. The number of carbonyl (C=O) groups is 1. The molecule has 8 nitrogen and oxygen atoms in total. The second kappa shape index (κ2) is 12.4. The third-order valence-corrected chi connectivity index (χ3v) is 6.31. The van der Waals surface area contributed by atoms with Crippen molar-refractivity contribution < 1.29 is 9.53 Å². The number of halogens is 2. The van der Waals surface area contributed by atoms with Gasteiger partial charge in [-0.3, -0.25) is 4.79 Å². The summed E-state index contributed by atoms with van der Waals surface area (Å²) in [6, 6.07) is 5.18. The smallest absolute Gasteiger partial charge is 0.252 e. The van der Waals surface area contributed by atoms with E-state index in [-0.39, 0.29) is 5.91 Å². The van der Waals surface area contributed by atoms with Gasteiger partial charge in [0.1, 0.15) is 5.82 Å². The van der Waals surface area contributed by atoms with Crippen molar-refractivity contribution in [1.82, 2.24) is 25.1 Å². The van der Waals surface area contributed by atoms with Gasteiger partial charge in [-0.15, -0.1) is 0 Å². The average Bonchev–Trinajstić information content (AvgIpc) is 3.19. The molecule has 32 heavy (non-hydrogen) atoms. The Bertz CT molecular complexity index is 1060. The van der Waals surface area contributed by atoms with E-state index in [9.17, 15) is 4.79 Å². The number of nitrogens with one attached hydrogen (secondary N) is 2. The maximum absolute atomic E-state index is 12.5. The highest BCUT2D eigenvalue weighted by molar-refractivity contribution is 9.10. The number of hydrogen-bond acceptors (Lipinski definition) is 7. The van der Waals surface area contributed by atoms with Crippen molar-refractivity contribution in [2.45, 2.75) is 32.0 Å². The molecule has 0 atom stereocenters. The summed E-state index contributed by atoms with van der Waals surface area (Å²) in [4.78, 5) is 21.9. The minimum Gasteiger partial charge on any atom is -0.380 e. The number of benzene rings is 1. The first-order chi connectivity index (χ1) is 15.5. The molecule has 3 aromatic rings. The molecule has 0 aliphatic rings. The molecule has 0 aliphatic heterocycles. The molecule has 172 valence electrons. The highest BCUT2D eigenvalue weighted by atomic mass is 79.9. The van der Waals surface area contributed by atoms with Gasteiger partial charge in [0.25, 0.3) is 5.91 Å². The van der Waals surface area contributed by atoms with E-state index in [4.69, 9.17) is 21.3 Å². The molecular formula is C21H26BrClN6O2S. The fraction of sp³-hybridized carbons (Fsp3) is 0.429. The van der Waals surface area contributed by atoms with Gasteiger partial charge in [-0.1, -0.05) is 46.2 Å². The van der Waals surface area contributed by atoms with E-state index < -0.39 is 0 Å². The molecule has 0 bridgehead atoms. The van der Waals surface area contributed by atoms with Gasteiger partial charge in [-0.2, -0.15) is 5.10 Å². The Labute approximate surface area is 205 Å². The number of aromatic nitrogens is 4. The fourth-order valence-corrected chi connectivity index (χ4v) is 4.18. The van der Waals surface area contributed by atoms with Gasteiger partial charge in [-0.05, 0) is 31.5 Å². The molecule has 2 aromatic heterocycles. The van der Waals surface area contributed by atoms with E-state index in [1.807, 2.05) is 6.92 Å². The Morgan fingerprint density at radius 1 is 1.28 bits per heavy atom. The number of ether oxygens (including phenoxy) is 1. The monoisotopic (exact) mass is 540 g/mol. The van der Waals surface area contributed by atoms with Crippen LogP contribution in [0.4, 0.5) is 5.82 Å². The van der Waals surface area contributed by atoms with E-state index in [0.717, 1.165) is 33.5 Å². The molecular weight excluding hydrogens is 516 g/mol. The van der Waals surface area contributed by atoms with Gasteiger partial charge >= 0.3 is 0 Å². The summed E-state index contributed by atoms with van der Waals surface area (Å²) in [5.74, 6) is 1.44. The topological polar surface area (TPSA) is 94.0 Å². The van der Waals surface area contributed by atoms with Crippen LogP contribution in [0.15, 0.2) is 34.0 Å². The normalized spacial score (nSPS) is 11.1. The Balaban J connectivity index is 1.73. The standard InChI is InChI=1S/C21H26BrClN6O2S/c1-3-11-32-21-27-18(24-8-10-31-4-2)16-13-26-29(19(16)28-21)9-7-25-20(30)15-12-14(22)5-6-17(15)23/h5-6,12-13H,3-4,7-11H2,1-2H3,(H,25,30)(H,24,27,28). The first-order valence-corrected chi connectivity index (χ1v) is 12.6. The first kappa shape index (κ1) is 24.8. The van der Waals surface area contributed by atoms with Crippen LogP contribution in [0.3, 0.4) is 0 Å². The molecule has 0 saturated carbocycles. The van der Waals surface area contributed by atoms with Crippen LogP contribution in [0.2, 0.25) is 5.02 Å². The molecule has 0 radical (unpaired) electrons. The van der Waals surface area contributed by atoms with Gasteiger partial charge in [-0.25, -0.2) is 14.6 Å². The average molecular weight is 542 g/mol. The molecule has 2 heterocycles. The molecule has 0 unspecified atom stereocenters. The van der Waals surface area contributed by atoms with Gasteiger partial charge in [0.05, 0.1) is 35.3 Å².